The van der Waals surface area contributed by atoms with Gasteiger partial charge in [0.15, 0.2) is 0 Å². The molecule has 1 atom stereocenters. The second-order valence-corrected chi connectivity index (χ2v) is 9.74. The quantitative estimate of drug-likeness (QED) is 0.610. The molecule has 0 N–H and O–H groups in total. The molecule has 6 heteroatoms. The maximum Gasteiger partial charge on any atom is 0.264 e. The summed E-state index contributed by atoms with van der Waals surface area (Å²) < 4.78 is 5.45. The Morgan fingerprint density at radius 2 is 2.00 bits per heavy atom. The fraction of sp³-hybridized carbons (Fsp3) is 0.440. The number of amides is 1. The summed E-state index contributed by atoms with van der Waals surface area (Å²) in [6.45, 7) is 9.93. The van der Waals surface area contributed by atoms with Crippen LogP contribution in [0.15, 0.2) is 36.5 Å². The van der Waals surface area contributed by atoms with Crippen LogP contribution in [-0.2, 0) is 11.3 Å². The summed E-state index contributed by atoms with van der Waals surface area (Å²) in [4.78, 5) is 24.3. The van der Waals surface area contributed by atoms with E-state index in [1.165, 1.54) is 22.3 Å². The van der Waals surface area contributed by atoms with Gasteiger partial charge in [0.1, 0.15) is 4.83 Å². The Balaban J connectivity index is 1.41. The van der Waals surface area contributed by atoms with E-state index in [1.54, 1.807) is 11.3 Å². The Labute approximate surface area is 187 Å². The molecule has 0 aliphatic carbocycles. The summed E-state index contributed by atoms with van der Waals surface area (Å²) in [5.41, 5.74) is 5.27. The first-order valence-corrected chi connectivity index (χ1v) is 11.9. The molecule has 1 aromatic carbocycles. The van der Waals surface area contributed by atoms with Gasteiger partial charge in [0, 0.05) is 43.7 Å². The highest BCUT2D eigenvalue weighted by Crippen LogP contribution is 2.40. The smallest absolute Gasteiger partial charge is 0.264 e. The van der Waals surface area contributed by atoms with Gasteiger partial charge >= 0.3 is 0 Å². The molecule has 162 valence electrons. The number of hydrogen-bond donors (Lipinski definition) is 0. The van der Waals surface area contributed by atoms with Crippen LogP contribution in [-0.4, -0.2) is 60.1 Å². The minimum absolute atomic E-state index is 0.147. The average Bonchev–Trinajstić information content (AvgIpc) is 3.40. The molecule has 2 aliphatic rings. The number of rotatable bonds is 4. The maximum absolute atomic E-state index is 13.4. The van der Waals surface area contributed by atoms with Gasteiger partial charge in [-0.15, -0.1) is 11.3 Å². The number of pyridine rings is 1. The van der Waals surface area contributed by atoms with Gasteiger partial charge in [0.25, 0.3) is 5.91 Å². The van der Waals surface area contributed by atoms with Crippen molar-refractivity contribution in [1.82, 2.24) is 14.8 Å². The molecule has 0 radical (unpaired) electrons. The van der Waals surface area contributed by atoms with Crippen molar-refractivity contribution < 1.29 is 9.53 Å². The number of thiophene rings is 1. The van der Waals surface area contributed by atoms with E-state index in [4.69, 9.17) is 4.74 Å². The molecular weight excluding hydrogens is 406 g/mol. The first-order chi connectivity index (χ1) is 15.1. The monoisotopic (exact) mass is 435 g/mol. The van der Waals surface area contributed by atoms with Gasteiger partial charge < -0.3 is 9.64 Å². The van der Waals surface area contributed by atoms with E-state index in [2.05, 4.69) is 48.0 Å². The van der Waals surface area contributed by atoms with Gasteiger partial charge in [-0.05, 0) is 55.1 Å². The van der Waals surface area contributed by atoms with Gasteiger partial charge in [-0.1, -0.05) is 24.3 Å². The summed E-state index contributed by atoms with van der Waals surface area (Å²) in [5.74, 6) is 0.512. The molecule has 5 nitrogen and oxygen atoms in total. The summed E-state index contributed by atoms with van der Waals surface area (Å²) in [6, 6.07) is 10.9. The standard InChI is InChI=1S/C25H29N3O2S/c1-17-5-6-19(14-18(17)2)15-27-9-7-20(16-27)22-21-4-3-8-26-24(21)31-23(22)25(29)28-10-12-30-13-11-28/h3-6,8,14,20H,7,9-13,15-16H2,1-2H3/t20-/m1/s1. The largest absolute Gasteiger partial charge is 0.378 e. The highest BCUT2D eigenvalue weighted by atomic mass is 32.1. The van der Waals surface area contributed by atoms with Crippen LogP contribution in [0.2, 0.25) is 0 Å². The predicted molar refractivity (Wildman–Crippen MR) is 125 cm³/mol. The van der Waals surface area contributed by atoms with Crippen LogP contribution in [0.4, 0.5) is 0 Å². The molecule has 2 aromatic heterocycles. The molecule has 3 aromatic rings. The van der Waals surface area contributed by atoms with Crippen molar-refractivity contribution >= 4 is 27.5 Å². The zero-order valence-corrected chi connectivity index (χ0v) is 19.1. The number of aryl methyl sites for hydroxylation is 2. The number of fused-ring (bicyclic) bond motifs is 1. The molecule has 2 fully saturated rings. The Bertz CT molecular complexity index is 1100. The third-order valence-electron chi connectivity index (χ3n) is 6.66. The van der Waals surface area contributed by atoms with Crippen molar-refractivity contribution in [2.75, 3.05) is 39.4 Å². The minimum Gasteiger partial charge on any atom is -0.378 e. The van der Waals surface area contributed by atoms with Gasteiger partial charge in [-0.25, -0.2) is 4.98 Å². The number of ether oxygens (including phenoxy) is 1. The van der Waals surface area contributed by atoms with Crippen LogP contribution >= 0.6 is 11.3 Å². The number of carbonyl (C=O) groups excluding carboxylic acids is 1. The number of nitrogens with zero attached hydrogens (tertiary/aromatic N) is 3. The zero-order valence-electron chi connectivity index (χ0n) is 18.3. The fourth-order valence-electron chi connectivity index (χ4n) is 4.80. The molecule has 2 aliphatic heterocycles. The van der Waals surface area contributed by atoms with E-state index < -0.39 is 0 Å². The topological polar surface area (TPSA) is 45.7 Å². The van der Waals surface area contributed by atoms with E-state index in [0.29, 0.717) is 32.2 Å². The summed E-state index contributed by atoms with van der Waals surface area (Å²) in [6.07, 6.45) is 2.90. The zero-order chi connectivity index (χ0) is 21.4. The summed E-state index contributed by atoms with van der Waals surface area (Å²) >= 11 is 1.56. The lowest BCUT2D eigenvalue weighted by Crippen LogP contribution is -2.40. The Kier molecular flexibility index (Phi) is 5.78. The number of likely N-dealkylation sites (tertiary alicyclic amines) is 1. The number of carbonyl (C=O) groups is 1. The highest BCUT2D eigenvalue weighted by molar-refractivity contribution is 7.20. The van der Waals surface area contributed by atoms with Crippen molar-refractivity contribution in [2.24, 2.45) is 0 Å². The molecule has 2 saturated heterocycles. The van der Waals surface area contributed by atoms with Crippen molar-refractivity contribution in [3.05, 3.63) is 63.7 Å². The average molecular weight is 436 g/mol. The number of morpholine rings is 1. The van der Waals surface area contributed by atoms with Crippen LogP contribution < -0.4 is 0 Å². The lowest BCUT2D eigenvalue weighted by Gasteiger charge is -2.27. The first kappa shape index (κ1) is 20.6. The van der Waals surface area contributed by atoms with Crippen LogP contribution in [0.3, 0.4) is 0 Å². The summed E-state index contributed by atoms with van der Waals surface area (Å²) in [7, 11) is 0. The number of aromatic nitrogens is 1. The molecule has 31 heavy (non-hydrogen) atoms. The summed E-state index contributed by atoms with van der Waals surface area (Å²) in [5, 5.41) is 1.15. The van der Waals surface area contributed by atoms with Crippen molar-refractivity contribution in [2.45, 2.75) is 32.7 Å². The molecule has 4 heterocycles. The second-order valence-electron chi connectivity index (χ2n) is 8.74. The second kappa shape index (κ2) is 8.69. The molecule has 0 unspecified atom stereocenters. The lowest BCUT2D eigenvalue weighted by molar-refractivity contribution is 0.0305. The number of benzene rings is 1. The third kappa shape index (κ3) is 4.12. The highest BCUT2D eigenvalue weighted by Gasteiger charge is 2.32. The molecule has 0 saturated carbocycles. The van der Waals surface area contributed by atoms with E-state index in [0.717, 1.165) is 41.1 Å². The lowest BCUT2D eigenvalue weighted by atomic mass is 9.95. The molecule has 0 spiro atoms. The van der Waals surface area contributed by atoms with Crippen LogP contribution in [0.5, 0.6) is 0 Å². The van der Waals surface area contributed by atoms with E-state index in [1.807, 2.05) is 17.2 Å². The van der Waals surface area contributed by atoms with E-state index >= 15 is 0 Å². The predicted octanol–water partition coefficient (Wildman–Crippen LogP) is 4.38. The first-order valence-electron chi connectivity index (χ1n) is 11.1. The number of hydrogen-bond acceptors (Lipinski definition) is 5. The van der Waals surface area contributed by atoms with Crippen molar-refractivity contribution in [1.29, 1.82) is 0 Å². The van der Waals surface area contributed by atoms with E-state index in [9.17, 15) is 4.79 Å². The fourth-order valence-corrected chi connectivity index (χ4v) is 6.00. The molecule has 1 amide bonds. The van der Waals surface area contributed by atoms with Gasteiger partial charge in [-0.2, -0.15) is 0 Å². The Morgan fingerprint density at radius 1 is 1.16 bits per heavy atom. The molecular formula is C25H29N3O2S. The van der Waals surface area contributed by atoms with Crippen LogP contribution in [0, 0.1) is 13.8 Å². The van der Waals surface area contributed by atoms with Crippen molar-refractivity contribution in [3.8, 4) is 0 Å². The van der Waals surface area contributed by atoms with Gasteiger partial charge in [0.2, 0.25) is 0 Å². The third-order valence-corrected chi connectivity index (χ3v) is 7.77. The Hall–Kier alpha value is -2.28. The van der Waals surface area contributed by atoms with Crippen molar-refractivity contribution in [3.63, 3.8) is 0 Å². The molecule has 0 bridgehead atoms. The maximum atomic E-state index is 13.4. The van der Waals surface area contributed by atoms with Crippen LogP contribution in [0.1, 0.15) is 44.3 Å². The molecule has 5 rings (SSSR count). The normalized spacial score (nSPS) is 19.9. The Morgan fingerprint density at radius 3 is 2.81 bits per heavy atom. The van der Waals surface area contributed by atoms with Gasteiger partial charge in [0.05, 0.1) is 18.1 Å². The SMILES string of the molecule is Cc1ccc(CN2CC[C@@H](c3c(C(=O)N4CCOCC4)sc4ncccc34)C2)cc1C. The van der Waals surface area contributed by atoms with E-state index in [-0.39, 0.29) is 5.91 Å². The van der Waals surface area contributed by atoms with Crippen LogP contribution in [0.25, 0.3) is 10.2 Å². The minimum atomic E-state index is 0.147. The van der Waals surface area contributed by atoms with Gasteiger partial charge in [-0.3, -0.25) is 9.69 Å².